The number of hydrogen-bond acceptors (Lipinski definition) is 8. The molecule has 0 aromatic rings. The molecule has 234 valence electrons. The number of allylic oxidation sites excluding steroid dienone is 1. The summed E-state index contributed by atoms with van der Waals surface area (Å²) in [4.78, 5) is 0. The van der Waals surface area contributed by atoms with Gasteiger partial charge >= 0.3 is 0 Å². The Morgan fingerprint density at radius 3 is 2.51 bits per heavy atom. The number of nitrogens with one attached hydrogen (secondary N) is 1. The molecule has 6 aliphatic rings. The van der Waals surface area contributed by atoms with E-state index in [4.69, 9.17) is 9.47 Å². The molecule has 41 heavy (non-hydrogen) atoms. The van der Waals surface area contributed by atoms with Crippen LogP contribution in [0.2, 0.25) is 0 Å². The van der Waals surface area contributed by atoms with Crippen molar-refractivity contribution in [3.8, 4) is 0 Å². The predicted octanol–water partition coefficient (Wildman–Crippen LogP) is 2.75. The van der Waals surface area contributed by atoms with Crippen molar-refractivity contribution >= 4 is 0 Å². The van der Waals surface area contributed by atoms with Gasteiger partial charge in [-0.2, -0.15) is 0 Å². The SMILES string of the molecule is CC1CCC([C@@H](C)[C@H]2C(O)C[C@H]3[C@@H]4CC=C5CC(OC6O[C@H](CO)[C@@H](O)[C@H](O)[C@H]6O)CC[C@]5(C)[C@H]4CC[C@]23C)NC1. The Kier molecular flexibility index (Phi) is 8.47. The van der Waals surface area contributed by atoms with Gasteiger partial charge in [-0.15, -0.1) is 0 Å². The molecule has 5 fully saturated rings. The molecule has 8 nitrogen and oxygen atoms in total. The van der Waals surface area contributed by atoms with E-state index in [-0.39, 0.29) is 23.0 Å². The van der Waals surface area contributed by atoms with Gasteiger partial charge in [-0.3, -0.25) is 0 Å². The van der Waals surface area contributed by atoms with Gasteiger partial charge in [0.15, 0.2) is 6.29 Å². The van der Waals surface area contributed by atoms with Gasteiger partial charge in [0.25, 0.3) is 0 Å². The van der Waals surface area contributed by atoms with Crippen LogP contribution < -0.4 is 5.32 Å². The summed E-state index contributed by atoms with van der Waals surface area (Å²) in [6, 6.07) is 0.508. The van der Waals surface area contributed by atoms with Crippen molar-refractivity contribution in [3.63, 3.8) is 0 Å². The van der Waals surface area contributed by atoms with Gasteiger partial charge in [-0.25, -0.2) is 0 Å². The lowest BCUT2D eigenvalue weighted by Gasteiger charge is -2.58. The van der Waals surface area contributed by atoms with Gasteiger partial charge in [0, 0.05) is 6.04 Å². The maximum absolute atomic E-state index is 11.6. The molecular weight excluding hydrogens is 522 g/mol. The van der Waals surface area contributed by atoms with Crippen molar-refractivity contribution in [2.24, 2.45) is 46.3 Å². The van der Waals surface area contributed by atoms with E-state index in [1.165, 1.54) is 31.3 Å². The number of piperidine rings is 1. The molecule has 2 aliphatic heterocycles. The monoisotopic (exact) mass is 577 g/mol. The van der Waals surface area contributed by atoms with Crippen molar-refractivity contribution in [2.45, 2.75) is 134 Å². The minimum atomic E-state index is -1.42. The first kappa shape index (κ1) is 30.4. The second-order valence-corrected chi connectivity index (χ2v) is 15.4. The third-order valence-electron chi connectivity index (χ3n) is 13.2. The number of aliphatic hydroxyl groups excluding tert-OH is 5. The summed E-state index contributed by atoms with van der Waals surface area (Å²) in [7, 11) is 0. The second-order valence-electron chi connectivity index (χ2n) is 15.4. The molecule has 2 heterocycles. The summed E-state index contributed by atoms with van der Waals surface area (Å²) in [5.41, 5.74) is 1.72. The highest BCUT2D eigenvalue weighted by atomic mass is 16.7. The maximum Gasteiger partial charge on any atom is 0.186 e. The number of fused-ring (bicyclic) bond motifs is 5. The lowest BCUT2D eigenvalue weighted by atomic mass is 9.47. The fraction of sp³-hybridized carbons (Fsp3) is 0.939. The normalized spacial score (nSPS) is 54.5. The molecule has 3 saturated carbocycles. The van der Waals surface area contributed by atoms with Gasteiger partial charge in [0.1, 0.15) is 24.4 Å². The fourth-order valence-corrected chi connectivity index (χ4v) is 10.8. The summed E-state index contributed by atoms with van der Waals surface area (Å²) in [6.45, 7) is 10.3. The number of hydrogen-bond donors (Lipinski definition) is 6. The molecule has 5 unspecified atom stereocenters. The number of rotatable bonds is 5. The first-order valence-electron chi connectivity index (χ1n) is 16.5. The zero-order chi connectivity index (χ0) is 29.3. The highest BCUT2D eigenvalue weighted by Gasteiger charge is 2.62. The van der Waals surface area contributed by atoms with E-state index in [2.05, 4.69) is 39.1 Å². The quantitative estimate of drug-likeness (QED) is 0.275. The molecule has 0 bridgehead atoms. The summed E-state index contributed by atoms with van der Waals surface area (Å²) >= 11 is 0. The summed E-state index contributed by atoms with van der Waals surface area (Å²) in [6.07, 6.45) is 5.37. The van der Waals surface area contributed by atoms with E-state index in [0.717, 1.165) is 44.6 Å². The molecule has 6 rings (SSSR count). The van der Waals surface area contributed by atoms with Crippen molar-refractivity contribution in [1.82, 2.24) is 5.32 Å². The average Bonchev–Trinajstić information content (AvgIpc) is 3.23. The highest BCUT2D eigenvalue weighted by Crippen LogP contribution is 2.67. The van der Waals surface area contributed by atoms with Gasteiger partial charge in [-0.05, 0) is 111 Å². The van der Waals surface area contributed by atoms with E-state index < -0.39 is 37.3 Å². The van der Waals surface area contributed by atoms with Crippen LogP contribution in [0.4, 0.5) is 0 Å². The van der Waals surface area contributed by atoms with Crippen LogP contribution in [0, 0.1) is 46.3 Å². The van der Waals surface area contributed by atoms with E-state index in [0.29, 0.717) is 35.6 Å². The smallest absolute Gasteiger partial charge is 0.186 e. The molecule has 0 radical (unpaired) electrons. The van der Waals surface area contributed by atoms with Gasteiger partial charge < -0.3 is 40.3 Å². The molecule has 0 spiro atoms. The van der Waals surface area contributed by atoms with E-state index in [1.807, 2.05) is 0 Å². The Hall–Kier alpha value is -0.580. The van der Waals surface area contributed by atoms with Crippen LogP contribution in [0.15, 0.2) is 11.6 Å². The molecule has 0 amide bonds. The van der Waals surface area contributed by atoms with Gasteiger partial charge in [0.2, 0.25) is 0 Å². The molecular formula is C33H55NO7. The van der Waals surface area contributed by atoms with E-state index in [1.54, 1.807) is 0 Å². The summed E-state index contributed by atoms with van der Waals surface area (Å²) in [5, 5.41) is 55.8. The van der Waals surface area contributed by atoms with Crippen LogP contribution in [0.3, 0.4) is 0 Å². The van der Waals surface area contributed by atoms with Crippen LogP contribution in [0.1, 0.15) is 85.5 Å². The Labute approximate surface area is 245 Å². The standard InChI is InChI=1S/C33H55NO7/c1-17-5-8-24(34-15-17)18(2)27-25(36)14-23-21-7-6-19-13-20(9-11-32(19,3)22(21)10-12-33(23,27)4)40-31-30(39)29(38)28(37)26(16-35)41-31/h6,17-18,20-31,34-39H,5,7-16H2,1-4H3/t17?,18-,20?,21-,22+,23+,24?,25?,26-,27+,28-,29+,30-,31?,32+,33+/m1/s1. The molecule has 0 aromatic heterocycles. The summed E-state index contributed by atoms with van der Waals surface area (Å²) < 4.78 is 11.8. The topological polar surface area (TPSA) is 132 Å². The van der Waals surface area contributed by atoms with Gasteiger partial charge in [0.05, 0.1) is 18.8 Å². The van der Waals surface area contributed by atoms with Crippen molar-refractivity contribution < 1.29 is 35.0 Å². The molecule has 2 saturated heterocycles. The van der Waals surface area contributed by atoms with Crippen molar-refractivity contribution in [2.75, 3.05) is 13.2 Å². The maximum atomic E-state index is 11.6. The first-order chi connectivity index (χ1) is 19.5. The lowest BCUT2D eigenvalue weighted by Crippen LogP contribution is -2.60. The molecule has 8 heteroatoms. The minimum absolute atomic E-state index is 0.106. The second kappa shape index (κ2) is 11.4. The number of ether oxygens (including phenoxy) is 2. The first-order valence-corrected chi connectivity index (χ1v) is 16.5. The molecule has 6 N–H and O–H groups in total. The van der Waals surface area contributed by atoms with E-state index in [9.17, 15) is 25.5 Å². The lowest BCUT2D eigenvalue weighted by molar-refractivity contribution is -0.313. The highest BCUT2D eigenvalue weighted by molar-refractivity contribution is 5.26. The number of aliphatic hydroxyl groups is 5. The Bertz CT molecular complexity index is 967. The molecule has 4 aliphatic carbocycles. The van der Waals surface area contributed by atoms with Crippen molar-refractivity contribution in [3.05, 3.63) is 11.6 Å². The molecule has 0 aromatic carbocycles. The predicted molar refractivity (Wildman–Crippen MR) is 155 cm³/mol. The third kappa shape index (κ3) is 5.06. The zero-order valence-corrected chi connectivity index (χ0v) is 25.5. The van der Waals surface area contributed by atoms with Crippen LogP contribution in [-0.2, 0) is 9.47 Å². The zero-order valence-electron chi connectivity index (χ0n) is 25.5. The van der Waals surface area contributed by atoms with Crippen molar-refractivity contribution in [1.29, 1.82) is 0 Å². The summed E-state index contributed by atoms with van der Waals surface area (Å²) in [5.74, 6) is 3.31. The van der Waals surface area contributed by atoms with Crippen LogP contribution in [-0.4, -0.2) is 87.6 Å². The van der Waals surface area contributed by atoms with Crippen LogP contribution in [0.5, 0.6) is 0 Å². The fourth-order valence-electron chi connectivity index (χ4n) is 10.8. The molecule has 16 atom stereocenters. The van der Waals surface area contributed by atoms with Crippen LogP contribution >= 0.6 is 0 Å². The van der Waals surface area contributed by atoms with Crippen LogP contribution in [0.25, 0.3) is 0 Å². The Morgan fingerprint density at radius 2 is 1.80 bits per heavy atom. The van der Waals surface area contributed by atoms with Gasteiger partial charge in [-0.1, -0.05) is 39.3 Å². The largest absolute Gasteiger partial charge is 0.394 e. The Balaban J connectivity index is 1.15. The van der Waals surface area contributed by atoms with E-state index >= 15 is 0 Å². The average molecular weight is 578 g/mol. The Morgan fingerprint density at radius 1 is 1.02 bits per heavy atom. The third-order valence-corrected chi connectivity index (χ3v) is 13.2. The minimum Gasteiger partial charge on any atom is -0.394 e.